The van der Waals surface area contributed by atoms with E-state index in [1.807, 2.05) is 0 Å². The van der Waals surface area contributed by atoms with E-state index in [0.717, 1.165) is 4.09 Å². The summed E-state index contributed by atoms with van der Waals surface area (Å²) in [5.74, 6) is -0.437. The van der Waals surface area contributed by atoms with Gasteiger partial charge in [0.25, 0.3) is 10.0 Å². The van der Waals surface area contributed by atoms with Gasteiger partial charge in [-0.1, -0.05) is 17.3 Å². The van der Waals surface area contributed by atoms with Gasteiger partial charge in [0, 0.05) is 0 Å². The van der Waals surface area contributed by atoms with Crippen LogP contribution < -0.4 is 0 Å². The Labute approximate surface area is 110 Å². The molecule has 2 heterocycles. The Hall–Kier alpha value is -1.48. The van der Waals surface area contributed by atoms with Gasteiger partial charge in [-0.05, 0) is 18.6 Å². The highest BCUT2D eigenvalue weighted by Crippen LogP contribution is 2.22. The minimum Gasteiger partial charge on any atom is -0.229 e. The zero-order valence-corrected chi connectivity index (χ0v) is 11.4. The predicted octanol–water partition coefficient (Wildman–Crippen LogP) is -0.204. The van der Waals surface area contributed by atoms with Crippen LogP contribution in [0.2, 0.25) is 0 Å². The lowest BCUT2D eigenvalue weighted by atomic mass is 10.3. The van der Waals surface area contributed by atoms with E-state index in [-0.39, 0.29) is 17.9 Å². The quantitative estimate of drug-likeness (QED) is 0.761. The lowest BCUT2D eigenvalue weighted by Crippen LogP contribution is -2.29. The molecule has 0 aliphatic carbocycles. The fraction of sp³-hybridized carbons (Fsp3) is 0.400. The average Bonchev–Trinajstić information content (AvgIpc) is 2.92. The number of benzene rings is 1. The average molecular weight is 301 g/mol. The van der Waals surface area contributed by atoms with Crippen molar-refractivity contribution in [2.75, 3.05) is 11.5 Å². The van der Waals surface area contributed by atoms with Crippen molar-refractivity contribution in [3.8, 4) is 0 Å². The van der Waals surface area contributed by atoms with E-state index in [4.69, 9.17) is 0 Å². The van der Waals surface area contributed by atoms with Crippen molar-refractivity contribution in [2.24, 2.45) is 0 Å². The lowest BCUT2D eigenvalue weighted by molar-refractivity contribution is 0.566. The summed E-state index contributed by atoms with van der Waals surface area (Å²) in [6.45, 7) is 0. The second-order valence-electron chi connectivity index (χ2n) is 4.49. The van der Waals surface area contributed by atoms with Crippen molar-refractivity contribution in [3.63, 3.8) is 0 Å². The zero-order valence-electron chi connectivity index (χ0n) is 9.80. The van der Waals surface area contributed by atoms with Gasteiger partial charge in [-0.3, -0.25) is 0 Å². The smallest absolute Gasteiger partial charge is 0.229 e. The summed E-state index contributed by atoms with van der Waals surface area (Å²) < 4.78 is 48.4. The zero-order chi connectivity index (χ0) is 13.7. The third-order valence-electron chi connectivity index (χ3n) is 3.17. The molecule has 1 aromatic heterocycles. The Kier molecular flexibility index (Phi) is 2.65. The molecule has 7 nitrogen and oxygen atoms in total. The maximum absolute atomic E-state index is 12.4. The van der Waals surface area contributed by atoms with Crippen LogP contribution in [0.1, 0.15) is 6.42 Å². The number of sulfone groups is 1. The van der Waals surface area contributed by atoms with Crippen LogP contribution in [0.15, 0.2) is 24.3 Å². The maximum atomic E-state index is 12.4. The summed E-state index contributed by atoms with van der Waals surface area (Å²) >= 11 is 0. The molecule has 0 amide bonds. The first-order valence-corrected chi connectivity index (χ1v) is 8.98. The van der Waals surface area contributed by atoms with Crippen molar-refractivity contribution in [1.29, 1.82) is 0 Å². The summed E-state index contributed by atoms with van der Waals surface area (Å²) in [6.07, 6.45) is 0.110. The topological polar surface area (TPSA) is 99.0 Å². The first-order chi connectivity index (χ1) is 8.90. The Morgan fingerprint density at radius 1 is 1.26 bits per heavy atom. The van der Waals surface area contributed by atoms with Gasteiger partial charge < -0.3 is 0 Å². The molecule has 1 aliphatic heterocycles. The molecule has 1 saturated heterocycles. The molecule has 3 rings (SSSR count). The van der Waals surface area contributed by atoms with Crippen LogP contribution in [0.3, 0.4) is 0 Å². The Morgan fingerprint density at radius 3 is 2.68 bits per heavy atom. The molecule has 1 aromatic carbocycles. The molecule has 0 spiro atoms. The lowest BCUT2D eigenvalue weighted by Gasteiger charge is -2.09. The van der Waals surface area contributed by atoms with Gasteiger partial charge in [-0.15, -0.1) is 9.19 Å². The second-order valence-corrected chi connectivity index (χ2v) is 8.76. The number of nitrogens with zero attached hydrogens (tertiary/aromatic N) is 3. The van der Waals surface area contributed by atoms with E-state index in [0.29, 0.717) is 11.0 Å². The molecule has 1 atom stereocenters. The molecule has 0 saturated carbocycles. The van der Waals surface area contributed by atoms with Crippen LogP contribution in [0.4, 0.5) is 0 Å². The van der Waals surface area contributed by atoms with Crippen molar-refractivity contribution < 1.29 is 16.8 Å². The molecular formula is C10H11N3O4S2. The summed E-state index contributed by atoms with van der Waals surface area (Å²) in [5, 5.41) is 6.48. The summed E-state index contributed by atoms with van der Waals surface area (Å²) in [6, 6.07) is 6.66. The highest BCUT2D eigenvalue weighted by atomic mass is 32.2. The molecule has 1 unspecified atom stereocenters. The molecule has 1 aliphatic rings. The third kappa shape index (κ3) is 2.02. The minimum absolute atomic E-state index is 0.0937. The van der Waals surface area contributed by atoms with Crippen molar-refractivity contribution >= 4 is 30.9 Å². The van der Waals surface area contributed by atoms with Gasteiger partial charge in [0.2, 0.25) is 0 Å². The Bertz CT molecular complexity index is 839. The van der Waals surface area contributed by atoms with E-state index >= 15 is 0 Å². The third-order valence-corrected chi connectivity index (χ3v) is 7.15. The van der Waals surface area contributed by atoms with Gasteiger partial charge in [0.1, 0.15) is 11.0 Å². The van der Waals surface area contributed by atoms with Crippen LogP contribution in [-0.2, 0) is 19.9 Å². The molecule has 9 heteroatoms. The maximum Gasteiger partial charge on any atom is 0.259 e. The van der Waals surface area contributed by atoms with Crippen molar-refractivity contribution in [3.05, 3.63) is 24.3 Å². The molecule has 2 aromatic rings. The van der Waals surface area contributed by atoms with Crippen molar-refractivity contribution in [2.45, 2.75) is 11.7 Å². The molecule has 0 bridgehead atoms. The van der Waals surface area contributed by atoms with E-state index in [1.165, 1.54) is 0 Å². The first kappa shape index (κ1) is 12.5. The van der Waals surface area contributed by atoms with Crippen LogP contribution in [0.25, 0.3) is 11.0 Å². The Balaban J connectivity index is 2.11. The monoisotopic (exact) mass is 301 g/mol. The highest BCUT2D eigenvalue weighted by Gasteiger charge is 2.39. The highest BCUT2D eigenvalue weighted by molar-refractivity contribution is 7.95. The van der Waals surface area contributed by atoms with Gasteiger partial charge in [0.15, 0.2) is 9.84 Å². The van der Waals surface area contributed by atoms with Gasteiger partial charge in [-0.25, -0.2) is 16.8 Å². The van der Waals surface area contributed by atoms with E-state index in [9.17, 15) is 16.8 Å². The van der Waals surface area contributed by atoms with Gasteiger partial charge in [-0.2, -0.15) is 0 Å². The largest absolute Gasteiger partial charge is 0.259 e. The van der Waals surface area contributed by atoms with Gasteiger partial charge in [0.05, 0.1) is 16.8 Å². The van der Waals surface area contributed by atoms with E-state index in [1.54, 1.807) is 24.3 Å². The molecule has 0 N–H and O–H groups in total. The first-order valence-electron chi connectivity index (χ1n) is 5.65. The molecule has 19 heavy (non-hydrogen) atoms. The summed E-state index contributed by atoms with van der Waals surface area (Å²) in [7, 11) is -7.09. The second kappa shape index (κ2) is 4.01. The number of aromatic nitrogens is 3. The van der Waals surface area contributed by atoms with Crippen LogP contribution in [0, 0.1) is 0 Å². The summed E-state index contributed by atoms with van der Waals surface area (Å²) in [4.78, 5) is 0. The molecule has 102 valence electrons. The van der Waals surface area contributed by atoms with Crippen LogP contribution in [0.5, 0.6) is 0 Å². The predicted molar refractivity (Wildman–Crippen MR) is 68.9 cm³/mol. The van der Waals surface area contributed by atoms with E-state index < -0.39 is 25.1 Å². The van der Waals surface area contributed by atoms with Crippen molar-refractivity contribution in [1.82, 2.24) is 14.4 Å². The Morgan fingerprint density at radius 2 is 2.00 bits per heavy atom. The minimum atomic E-state index is -3.83. The van der Waals surface area contributed by atoms with Crippen LogP contribution >= 0.6 is 0 Å². The molecular weight excluding hydrogens is 290 g/mol. The SMILES string of the molecule is O=S1(=O)CCC(S(=O)(=O)n2nnc3ccccc32)C1. The number of para-hydroxylation sites is 1. The molecule has 0 radical (unpaired) electrons. The van der Waals surface area contributed by atoms with Gasteiger partial charge >= 0.3 is 0 Å². The number of hydrogen-bond acceptors (Lipinski definition) is 6. The fourth-order valence-corrected chi connectivity index (χ4v) is 6.44. The molecule has 1 fully saturated rings. The number of rotatable bonds is 2. The standard InChI is InChI=1S/C10H11N3O4S2/c14-18(15)6-5-8(7-18)19(16,17)13-10-4-2-1-3-9(10)11-12-13/h1-4,8H,5-7H2. The normalized spacial score (nSPS) is 22.8. The summed E-state index contributed by atoms with van der Waals surface area (Å²) in [5.41, 5.74) is 0.832. The number of hydrogen-bond donors (Lipinski definition) is 0. The van der Waals surface area contributed by atoms with Crippen LogP contribution in [-0.4, -0.2) is 48.0 Å². The fourth-order valence-electron chi connectivity index (χ4n) is 2.17. The number of fused-ring (bicyclic) bond motifs is 1. The van der Waals surface area contributed by atoms with E-state index in [2.05, 4.69) is 10.3 Å².